The molecule has 0 fully saturated rings. The average Bonchev–Trinajstić information content (AvgIpc) is 2.70. The highest BCUT2D eigenvalue weighted by atomic mass is 16.5. The molecule has 20 heavy (non-hydrogen) atoms. The minimum atomic E-state index is -0.0289. The Morgan fingerprint density at radius 2 is 2.00 bits per heavy atom. The van der Waals surface area contributed by atoms with Gasteiger partial charge in [0.05, 0.1) is 13.2 Å². The van der Waals surface area contributed by atoms with Crippen LogP contribution in [0.15, 0.2) is 18.2 Å². The maximum atomic E-state index is 9.14. The highest BCUT2D eigenvalue weighted by Gasteiger charge is 2.20. The molecule has 0 aliphatic carbocycles. The van der Waals surface area contributed by atoms with E-state index in [9.17, 15) is 0 Å². The highest BCUT2D eigenvalue weighted by Crippen LogP contribution is 2.30. The van der Waals surface area contributed by atoms with Gasteiger partial charge in [0.1, 0.15) is 0 Å². The van der Waals surface area contributed by atoms with E-state index in [4.69, 9.17) is 14.6 Å². The second-order valence-corrected chi connectivity index (χ2v) is 5.57. The zero-order valence-electron chi connectivity index (χ0n) is 12.4. The van der Waals surface area contributed by atoms with Crippen molar-refractivity contribution in [3.63, 3.8) is 0 Å². The summed E-state index contributed by atoms with van der Waals surface area (Å²) in [7, 11) is 0. The molecule has 0 saturated carbocycles. The van der Waals surface area contributed by atoms with Crippen LogP contribution in [0.5, 0.6) is 11.5 Å². The highest BCUT2D eigenvalue weighted by molar-refractivity contribution is 5.43. The number of nitrogens with one attached hydrogen (secondary N) is 1. The Balaban J connectivity index is 2.01. The Hall–Kier alpha value is -1.26. The molecule has 0 spiro atoms. The van der Waals surface area contributed by atoms with Crippen LogP contribution in [-0.2, 0) is 6.54 Å². The van der Waals surface area contributed by atoms with Gasteiger partial charge in [0, 0.05) is 25.1 Å². The van der Waals surface area contributed by atoms with Crippen LogP contribution in [0.1, 0.15) is 38.7 Å². The van der Waals surface area contributed by atoms with Gasteiger partial charge < -0.3 is 19.9 Å². The number of benzene rings is 1. The zero-order chi connectivity index (χ0) is 14.4. The van der Waals surface area contributed by atoms with Crippen molar-refractivity contribution in [3.8, 4) is 11.5 Å². The third-order valence-electron chi connectivity index (χ3n) is 3.98. The molecule has 1 atom stereocenters. The monoisotopic (exact) mass is 279 g/mol. The molecule has 1 aromatic carbocycles. The van der Waals surface area contributed by atoms with Crippen molar-refractivity contribution in [2.24, 2.45) is 0 Å². The summed E-state index contributed by atoms with van der Waals surface area (Å²) in [6.07, 6.45) is 2.67. The van der Waals surface area contributed by atoms with E-state index in [1.807, 2.05) is 12.1 Å². The molecule has 0 bridgehead atoms. The Labute approximate surface area is 121 Å². The molecule has 4 nitrogen and oxygen atoms in total. The Kier molecular flexibility index (Phi) is 5.26. The SMILES string of the molecule is CCC(C)(CCO)NCc1ccc2c(c1)OCCCO2. The minimum Gasteiger partial charge on any atom is -0.490 e. The lowest BCUT2D eigenvalue weighted by atomic mass is 9.94. The summed E-state index contributed by atoms with van der Waals surface area (Å²) < 4.78 is 11.3. The van der Waals surface area contributed by atoms with Gasteiger partial charge in [-0.2, -0.15) is 0 Å². The summed E-state index contributed by atoms with van der Waals surface area (Å²) >= 11 is 0. The van der Waals surface area contributed by atoms with Crippen molar-refractivity contribution in [2.75, 3.05) is 19.8 Å². The molecule has 2 N–H and O–H groups in total. The van der Waals surface area contributed by atoms with Gasteiger partial charge >= 0.3 is 0 Å². The Morgan fingerprint density at radius 3 is 2.70 bits per heavy atom. The molecule has 2 rings (SSSR count). The zero-order valence-corrected chi connectivity index (χ0v) is 12.4. The molecule has 0 radical (unpaired) electrons. The molecular formula is C16H25NO3. The van der Waals surface area contributed by atoms with Crippen molar-refractivity contribution in [2.45, 2.75) is 45.2 Å². The van der Waals surface area contributed by atoms with Gasteiger partial charge in [-0.3, -0.25) is 0 Å². The molecule has 0 amide bonds. The van der Waals surface area contributed by atoms with E-state index in [-0.39, 0.29) is 12.1 Å². The first-order valence-electron chi connectivity index (χ1n) is 7.41. The summed E-state index contributed by atoms with van der Waals surface area (Å²) in [6.45, 7) is 6.68. The number of aliphatic hydroxyl groups excluding tert-OH is 1. The van der Waals surface area contributed by atoms with E-state index >= 15 is 0 Å². The van der Waals surface area contributed by atoms with E-state index in [2.05, 4.69) is 25.2 Å². The lowest BCUT2D eigenvalue weighted by molar-refractivity contribution is 0.214. The molecule has 1 aliphatic heterocycles. The topological polar surface area (TPSA) is 50.7 Å². The summed E-state index contributed by atoms with van der Waals surface area (Å²) in [5.41, 5.74) is 1.14. The maximum Gasteiger partial charge on any atom is 0.161 e. The lowest BCUT2D eigenvalue weighted by Crippen LogP contribution is -2.42. The molecule has 4 heteroatoms. The van der Waals surface area contributed by atoms with E-state index < -0.39 is 0 Å². The summed E-state index contributed by atoms with van der Waals surface area (Å²) in [5.74, 6) is 1.67. The number of aliphatic hydroxyl groups is 1. The van der Waals surface area contributed by atoms with Crippen LogP contribution in [0, 0.1) is 0 Å². The predicted octanol–water partition coefficient (Wildman–Crippen LogP) is 2.49. The fourth-order valence-electron chi connectivity index (χ4n) is 2.27. The number of hydrogen-bond acceptors (Lipinski definition) is 4. The van der Waals surface area contributed by atoms with Crippen LogP contribution in [0.25, 0.3) is 0 Å². The van der Waals surface area contributed by atoms with Crippen molar-refractivity contribution < 1.29 is 14.6 Å². The number of hydrogen-bond donors (Lipinski definition) is 2. The van der Waals surface area contributed by atoms with Gasteiger partial charge in [-0.25, -0.2) is 0 Å². The van der Waals surface area contributed by atoms with Crippen LogP contribution < -0.4 is 14.8 Å². The Bertz CT molecular complexity index is 436. The van der Waals surface area contributed by atoms with Gasteiger partial charge in [0.15, 0.2) is 11.5 Å². The average molecular weight is 279 g/mol. The minimum absolute atomic E-state index is 0.0289. The van der Waals surface area contributed by atoms with Gasteiger partial charge in [0.2, 0.25) is 0 Å². The fraction of sp³-hybridized carbons (Fsp3) is 0.625. The first-order valence-corrected chi connectivity index (χ1v) is 7.41. The lowest BCUT2D eigenvalue weighted by Gasteiger charge is -2.29. The van der Waals surface area contributed by atoms with Crippen LogP contribution in [-0.4, -0.2) is 30.5 Å². The van der Waals surface area contributed by atoms with Gasteiger partial charge in [-0.1, -0.05) is 13.0 Å². The predicted molar refractivity (Wildman–Crippen MR) is 79.3 cm³/mol. The summed E-state index contributed by atoms with van der Waals surface area (Å²) in [4.78, 5) is 0. The first-order chi connectivity index (χ1) is 9.67. The molecule has 0 saturated heterocycles. The van der Waals surface area contributed by atoms with Gasteiger partial charge in [-0.05, 0) is 37.5 Å². The molecule has 1 heterocycles. The van der Waals surface area contributed by atoms with E-state index in [1.54, 1.807) is 0 Å². The molecule has 112 valence electrons. The van der Waals surface area contributed by atoms with Gasteiger partial charge in [0.25, 0.3) is 0 Å². The van der Waals surface area contributed by atoms with Crippen LogP contribution in [0.4, 0.5) is 0 Å². The summed E-state index contributed by atoms with van der Waals surface area (Å²) in [5, 5.41) is 12.7. The third kappa shape index (κ3) is 3.87. The number of fused-ring (bicyclic) bond motifs is 1. The quantitative estimate of drug-likeness (QED) is 0.840. The first kappa shape index (κ1) is 15.1. The standard InChI is InChI=1S/C16H25NO3/c1-3-16(2,7-8-18)17-12-13-5-6-14-15(11-13)20-10-4-9-19-14/h5-6,11,17-18H,3-4,7-10,12H2,1-2H3. The van der Waals surface area contributed by atoms with Crippen LogP contribution in [0.3, 0.4) is 0 Å². The largest absolute Gasteiger partial charge is 0.490 e. The van der Waals surface area contributed by atoms with E-state index in [0.29, 0.717) is 6.61 Å². The molecule has 1 aromatic rings. The van der Waals surface area contributed by atoms with Crippen molar-refractivity contribution in [1.82, 2.24) is 5.32 Å². The number of rotatable bonds is 6. The van der Waals surface area contributed by atoms with E-state index in [0.717, 1.165) is 43.9 Å². The molecule has 0 aromatic heterocycles. The van der Waals surface area contributed by atoms with E-state index in [1.165, 1.54) is 5.56 Å². The molecule has 1 unspecified atom stereocenters. The smallest absolute Gasteiger partial charge is 0.161 e. The Morgan fingerprint density at radius 1 is 1.25 bits per heavy atom. The second kappa shape index (κ2) is 6.95. The molecular weight excluding hydrogens is 254 g/mol. The normalized spacial score (nSPS) is 17.4. The molecule has 1 aliphatic rings. The fourth-order valence-corrected chi connectivity index (χ4v) is 2.27. The van der Waals surface area contributed by atoms with Gasteiger partial charge in [-0.15, -0.1) is 0 Å². The number of ether oxygens (including phenoxy) is 2. The second-order valence-electron chi connectivity index (χ2n) is 5.57. The maximum absolute atomic E-state index is 9.14. The summed E-state index contributed by atoms with van der Waals surface area (Å²) in [6, 6.07) is 6.09. The van der Waals surface area contributed by atoms with Crippen LogP contribution >= 0.6 is 0 Å². The van der Waals surface area contributed by atoms with Crippen LogP contribution in [0.2, 0.25) is 0 Å². The van der Waals surface area contributed by atoms with Crippen molar-refractivity contribution >= 4 is 0 Å². The van der Waals surface area contributed by atoms with Crippen molar-refractivity contribution in [3.05, 3.63) is 23.8 Å². The van der Waals surface area contributed by atoms with Crippen molar-refractivity contribution in [1.29, 1.82) is 0 Å². The third-order valence-corrected chi connectivity index (χ3v) is 3.98.